The Morgan fingerprint density at radius 1 is 1.10 bits per heavy atom. The molecule has 1 fully saturated rings. The van der Waals surface area contributed by atoms with Gasteiger partial charge in [0, 0.05) is 24.3 Å². The summed E-state index contributed by atoms with van der Waals surface area (Å²) in [5.74, 6) is 0.887. The SMILES string of the molecule is CCC1CCCCC1N1CCCC(NC)c2ccccc21. The molecule has 0 radical (unpaired) electrons. The third kappa shape index (κ3) is 2.96. The highest BCUT2D eigenvalue weighted by molar-refractivity contribution is 5.56. The molecular weight excluding hydrogens is 256 g/mol. The molecule has 1 N–H and O–H groups in total. The third-order valence-corrected chi connectivity index (χ3v) is 5.66. The zero-order valence-electron chi connectivity index (χ0n) is 13.6. The molecule has 3 unspecified atom stereocenters. The lowest BCUT2D eigenvalue weighted by molar-refractivity contribution is 0.285. The molecule has 3 atom stereocenters. The minimum Gasteiger partial charge on any atom is -0.368 e. The van der Waals surface area contributed by atoms with Crippen LogP contribution in [0.1, 0.15) is 63.5 Å². The largest absolute Gasteiger partial charge is 0.368 e. The Bertz CT molecular complexity index is 457. The molecule has 1 aliphatic heterocycles. The molecule has 1 aliphatic carbocycles. The first-order valence-electron chi connectivity index (χ1n) is 8.88. The number of para-hydroxylation sites is 1. The van der Waals surface area contributed by atoms with Gasteiger partial charge in [-0.2, -0.15) is 0 Å². The second-order valence-electron chi connectivity index (χ2n) is 6.76. The van der Waals surface area contributed by atoms with Crippen molar-refractivity contribution in [1.29, 1.82) is 0 Å². The normalized spacial score (nSPS) is 29.8. The Labute approximate surface area is 129 Å². The highest BCUT2D eigenvalue weighted by Gasteiger charge is 2.32. The molecule has 116 valence electrons. The number of hydrogen-bond acceptors (Lipinski definition) is 2. The quantitative estimate of drug-likeness (QED) is 0.879. The van der Waals surface area contributed by atoms with Crippen molar-refractivity contribution in [1.82, 2.24) is 5.32 Å². The Morgan fingerprint density at radius 3 is 2.71 bits per heavy atom. The molecular formula is C19H30N2. The van der Waals surface area contributed by atoms with Crippen molar-refractivity contribution in [2.75, 3.05) is 18.5 Å². The van der Waals surface area contributed by atoms with E-state index in [4.69, 9.17) is 0 Å². The summed E-state index contributed by atoms with van der Waals surface area (Å²) in [5, 5.41) is 3.52. The molecule has 1 aromatic rings. The average Bonchev–Trinajstić information content (AvgIpc) is 2.74. The highest BCUT2D eigenvalue weighted by Crippen LogP contribution is 2.39. The van der Waals surface area contributed by atoms with E-state index in [0.717, 1.165) is 12.0 Å². The molecule has 0 saturated heterocycles. The summed E-state index contributed by atoms with van der Waals surface area (Å²) in [7, 11) is 2.10. The highest BCUT2D eigenvalue weighted by atomic mass is 15.2. The van der Waals surface area contributed by atoms with Gasteiger partial charge in [0.05, 0.1) is 0 Å². The maximum absolute atomic E-state index is 3.52. The molecule has 2 heteroatoms. The van der Waals surface area contributed by atoms with E-state index in [1.807, 2.05) is 0 Å². The van der Waals surface area contributed by atoms with Crippen molar-refractivity contribution in [3.63, 3.8) is 0 Å². The molecule has 0 aromatic heterocycles. The van der Waals surface area contributed by atoms with E-state index < -0.39 is 0 Å². The number of hydrogen-bond donors (Lipinski definition) is 1. The molecule has 2 nitrogen and oxygen atoms in total. The van der Waals surface area contributed by atoms with E-state index >= 15 is 0 Å². The minimum atomic E-state index is 0.523. The van der Waals surface area contributed by atoms with Crippen LogP contribution in [0.5, 0.6) is 0 Å². The molecule has 21 heavy (non-hydrogen) atoms. The lowest BCUT2D eigenvalue weighted by atomic mass is 9.81. The summed E-state index contributed by atoms with van der Waals surface area (Å²) in [6.07, 6.45) is 9.55. The van der Waals surface area contributed by atoms with Gasteiger partial charge in [0.25, 0.3) is 0 Å². The van der Waals surface area contributed by atoms with E-state index in [2.05, 4.69) is 48.5 Å². The van der Waals surface area contributed by atoms with E-state index in [9.17, 15) is 0 Å². The van der Waals surface area contributed by atoms with Crippen molar-refractivity contribution < 1.29 is 0 Å². The van der Waals surface area contributed by atoms with Crippen LogP contribution in [0, 0.1) is 5.92 Å². The minimum absolute atomic E-state index is 0.523. The number of fused-ring (bicyclic) bond motifs is 1. The predicted octanol–water partition coefficient (Wildman–Crippen LogP) is 4.52. The summed E-state index contributed by atoms with van der Waals surface area (Å²) in [6, 6.07) is 10.4. The maximum atomic E-state index is 3.52. The number of nitrogens with one attached hydrogen (secondary N) is 1. The molecule has 1 saturated carbocycles. The van der Waals surface area contributed by atoms with Crippen molar-refractivity contribution in [2.24, 2.45) is 5.92 Å². The van der Waals surface area contributed by atoms with Crippen molar-refractivity contribution in [3.05, 3.63) is 29.8 Å². The van der Waals surface area contributed by atoms with Gasteiger partial charge in [-0.3, -0.25) is 0 Å². The monoisotopic (exact) mass is 286 g/mol. The van der Waals surface area contributed by atoms with Crippen molar-refractivity contribution in [2.45, 2.75) is 64.0 Å². The standard InChI is InChI=1S/C19H30N2/c1-3-15-9-4-6-12-18(15)21-14-8-11-17(20-2)16-10-5-7-13-19(16)21/h5,7,10,13,15,17-18,20H,3-4,6,8-9,11-12,14H2,1-2H3. The Kier molecular flexibility index (Phi) is 4.84. The summed E-state index contributed by atoms with van der Waals surface area (Å²) in [6.45, 7) is 3.61. The van der Waals surface area contributed by atoms with Crippen molar-refractivity contribution in [3.8, 4) is 0 Å². The van der Waals surface area contributed by atoms with Crippen LogP contribution >= 0.6 is 0 Å². The van der Waals surface area contributed by atoms with Gasteiger partial charge in [-0.1, -0.05) is 44.4 Å². The van der Waals surface area contributed by atoms with E-state index in [1.54, 1.807) is 0 Å². The second-order valence-corrected chi connectivity index (χ2v) is 6.76. The zero-order valence-corrected chi connectivity index (χ0v) is 13.6. The van der Waals surface area contributed by atoms with Crippen LogP contribution in [0.4, 0.5) is 5.69 Å². The third-order valence-electron chi connectivity index (χ3n) is 5.66. The van der Waals surface area contributed by atoms with Gasteiger partial charge in [-0.15, -0.1) is 0 Å². The first-order chi connectivity index (χ1) is 10.3. The van der Waals surface area contributed by atoms with Crippen molar-refractivity contribution >= 4 is 5.69 Å². The lowest BCUT2D eigenvalue weighted by Gasteiger charge is -2.41. The molecule has 0 spiro atoms. The second kappa shape index (κ2) is 6.83. The van der Waals surface area contributed by atoms with Gasteiger partial charge in [0.15, 0.2) is 0 Å². The molecule has 0 amide bonds. The van der Waals surface area contributed by atoms with Crippen LogP contribution in [0.3, 0.4) is 0 Å². The Hall–Kier alpha value is -1.02. The van der Waals surface area contributed by atoms with Crippen LogP contribution in [-0.2, 0) is 0 Å². The van der Waals surface area contributed by atoms with Gasteiger partial charge < -0.3 is 10.2 Å². The van der Waals surface area contributed by atoms with Crippen LogP contribution < -0.4 is 10.2 Å². The van der Waals surface area contributed by atoms with Gasteiger partial charge in [-0.05, 0) is 50.3 Å². The molecule has 3 rings (SSSR count). The lowest BCUT2D eigenvalue weighted by Crippen LogP contribution is -2.43. The number of nitrogens with zero attached hydrogens (tertiary/aromatic N) is 1. The predicted molar refractivity (Wildman–Crippen MR) is 90.9 cm³/mol. The van der Waals surface area contributed by atoms with Crippen LogP contribution in [0.2, 0.25) is 0 Å². The topological polar surface area (TPSA) is 15.3 Å². The van der Waals surface area contributed by atoms with E-state index in [1.165, 1.54) is 62.7 Å². The molecule has 1 heterocycles. The zero-order chi connectivity index (χ0) is 14.7. The van der Waals surface area contributed by atoms with E-state index in [-0.39, 0.29) is 0 Å². The summed E-state index contributed by atoms with van der Waals surface area (Å²) in [5.41, 5.74) is 3.01. The van der Waals surface area contributed by atoms with Gasteiger partial charge >= 0.3 is 0 Å². The Morgan fingerprint density at radius 2 is 1.90 bits per heavy atom. The first kappa shape index (κ1) is 14.9. The number of benzene rings is 1. The Balaban J connectivity index is 1.94. The van der Waals surface area contributed by atoms with Crippen LogP contribution in [0.25, 0.3) is 0 Å². The maximum Gasteiger partial charge on any atom is 0.0417 e. The molecule has 0 bridgehead atoms. The summed E-state index contributed by atoms with van der Waals surface area (Å²) < 4.78 is 0. The fourth-order valence-electron chi connectivity index (χ4n) is 4.50. The average molecular weight is 286 g/mol. The van der Waals surface area contributed by atoms with Gasteiger partial charge in [0.2, 0.25) is 0 Å². The van der Waals surface area contributed by atoms with Crippen LogP contribution in [-0.4, -0.2) is 19.6 Å². The first-order valence-corrected chi connectivity index (χ1v) is 8.88. The van der Waals surface area contributed by atoms with Gasteiger partial charge in [0.1, 0.15) is 0 Å². The molecule has 2 aliphatic rings. The van der Waals surface area contributed by atoms with Crippen LogP contribution in [0.15, 0.2) is 24.3 Å². The fraction of sp³-hybridized carbons (Fsp3) is 0.684. The van der Waals surface area contributed by atoms with E-state index in [0.29, 0.717) is 6.04 Å². The smallest absolute Gasteiger partial charge is 0.0417 e. The number of rotatable bonds is 3. The van der Waals surface area contributed by atoms with Gasteiger partial charge in [-0.25, -0.2) is 0 Å². The summed E-state index contributed by atoms with van der Waals surface area (Å²) in [4.78, 5) is 2.76. The molecule has 1 aromatic carbocycles. The number of anilines is 1. The summed E-state index contributed by atoms with van der Waals surface area (Å²) >= 11 is 0. The fourth-order valence-corrected chi connectivity index (χ4v) is 4.50.